The average molecular weight is 327 g/mol. The lowest BCUT2D eigenvalue weighted by molar-refractivity contribution is -0.122. The highest BCUT2D eigenvalue weighted by Gasteiger charge is 2.22. The SMILES string of the molecule is O=C(CC1CCCc2ccccc21)NCC(O)c1ccccc1F. The van der Waals surface area contributed by atoms with Crippen LogP contribution in [0, 0.1) is 5.82 Å². The molecule has 0 heterocycles. The van der Waals surface area contributed by atoms with Crippen LogP contribution in [0.2, 0.25) is 0 Å². The number of amides is 1. The van der Waals surface area contributed by atoms with Crippen LogP contribution < -0.4 is 5.32 Å². The van der Waals surface area contributed by atoms with E-state index in [1.807, 2.05) is 12.1 Å². The summed E-state index contributed by atoms with van der Waals surface area (Å²) in [5.74, 6) is -0.340. The molecule has 0 spiro atoms. The molecule has 0 fully saturated rings. The molecule has 2 N–H and O–H groups in total. The van der Waals surface area contributed by atoms with E-state index in [-0.39, 0.29) is 23.9 Å². The van der Waals surface area contributed by atoms with E-state index in [0.29, 0.717) is 6.42 Å². The summed E-state index contributed by atoms with van der Waals surface area (Å²) < 4.78 is 13.6. The predicted octanol–water partition coefficient (Wildman–Crippen LogP) is 3.49. The van der Waals surface area contributed by atoms with Crippen LogP contribution in [-0.2, 0) is 11.2 Å². The summed E-state index contributed by atoms with van der Waals surface area (Å²) in [5, 5.41) is 12.8. The molecule has 2 aromatic carbocycles. The summed E-state index contributed by atoms with van der Waals surface area (Å²) in [6.07, 6.45) is 2.53. The van der Waals surface area contributed by atoms with Crippen LogP contribution in [0.15, 0.2) is 48.5 Å². The molecule has 0 saturated carbocycles. The van der Waals surface area contributed by atoms with E-state index in [0.717, 1.165) is 19.3 Å². The van der Waals surface area contributed by atoms with Crippen LogP contribution in [0.1, 0.15) is 48.0 Å². The molecule has 0 aliphatic heterocycles. The fraction of sp³-hybridized carbons (Fsp3) is 0.350. The Bertz CT molecular complexity index is 716. The Morgan fingerprint density at radius 2 is 1.96 bits per heavy atom. The number of halogens is 1. The number of aliphatic hydroxyl groups excluding tert-OH is 1. The van der Waals surface area contributed by atoms with Crippen molar-refractivity contribution in [2.75, 3.05) is 6.54 Å². The molecule has 0 aromatic heterocycles. The van der Waals surface area contributed by atoms with Crippen LogP contribution in [0.3, 0.4) is 0 Å². The molecule has 1 aliphatic carbocycles. The third-order valence-corrected chi connectivity index (χ3v) is 4.68. The quantitative estimate of drug-likeness (QED) is 0.883. The van der Waals surface area contributed by atoms with Crippen molar-refractivity contribution in [3.63, 3.8) is 0 Å². The van der Waals surface area contributed by atoms with E-state index >= 15 is 0 Å². The molecule has 0 radical (unpaired) electrons. The maximum Gasteiger partial charge on any atom is 0.220 e. The van der Waals surface area contributed by atoms with Crippen LogP contribution in [0.5, 0.6) is 0 Å². The zero-order chi connectivity index (χ0) is 16.9. The van der Waals surface area contributed by atoms with Gasteiger partial charge in [0.25, 0.3) is 0 Å². The Labute approximate surface area is 141 Å². The molecule has 1 aliphatic rings. The Morgan fingerprint density at radius 1 is 1.21 bits per heavy atom. The van der Waals surface area contributed by atoms with E-state index < -0.39 is 11.9 Å². The van der Waals surface area contributed by atoms with E-state index in [4.69, 9.17) is 0 Å². The second-order valence-electron chi connectivity index (χ2n) is 6.33. The first-order chi connectivity index (χ1) is 11.6. The summed E-state index contributed by atoms with van der Waals surface area (Å²) in [6.45, 7) is 0.0220. The lowest BCUT2D eigenvalue weighted by Gasteiger charge is -2.25. The number of benzene rings is 2. The number of hydrogen-bond donors (Lipinski definition) is 2. The molecule has 24 heavy (non-hydrogen) atoms. The van der Waals surface area contributed by atoms with Gasteiger partial charge in [-0.05, 0) is 42.4 Å². The first-order valence-corrected chi connectivity index (χ1v) is 8.42. The van der Waals surface area contributed by atoms with Gasteiger partial charge in [0.15, 0.2) is 0 Å². The largest absolute Gasteiger partial charge is 0.386 e. The summed E-state index contributed by atoms with van der Waals surface area (Å²) in [4.78, 5) is 12.2. The minimum atomic E-state index is -1.03. The van der Waals surface area contributed by atoms with Crippen molar-refractivity contribution in [1.82, 2.24) is 5.32 Å². The third-order valence-electron chi connectivity index (χ3n) is 4.68. The van der Waals surface area contributed by atoms with Crippen LogP contribution in [-0.4, -0.2) is 17.6 Å². The number of aryl methyl sites for hydroxylation is 1. The lowest BCUT2D eigenvalue weighted by atomic mass is 9.81. The minimum Gasteiger partial charge on any atom is -0.386 e. The van der Waals surface area contributed by atoms with Gasteiger partial charge in [0.05, 0.1) is 6.10 Å². The molecular weight excluding hydrogens is 305 g/mol. The van der Waals surface area contributed by atoms with E-state index in [2.05, 4.69) is 17.4 Å². The smallest absolute Gasteiger partial charge is 0.220 e. The van der Waals surface area contributed by atoms with Gasteiger partial charge in [0.2, 0.25) is 5.91 Å². The Hall–Kier alpha value is -2.20. The molecule has 0 saturated heterocycles. The van der Waals surface area contributed by atoms with E-state index in [9.17, 15) is 14.3 Å². The standard InChI is InChI=1S/C20H22FNO2/c21-18-11-4-3-10-17(18)19(23)13-22-20(24)12-15-8-5-7-14-6-1-2-9-16(14)15/h1-4,6,9-11,15,19,23H,5,7-8,12-13H2,(H,22,24). The second kappa shape index (κ2) is 7.58. The van der Waals surface area contributed by atoms with Gasteiger partial charge in [0.1, 0.15) is 5.82 Å². The number of rotatable bonds is 5. The highest BCUT2D eigenvalue weighted by molar-refractivity contribution is 5.77. The molecule has 126 valence electrons. The molecule has 0 bridgehead atoms. The summed E-state index contributed by atoms with van der Waals surface area (Å²) in [5.41, 5.74) is 2.79. The van der Waals surface area contributed by atoms with Gasteiger partial charge in [-0.1, -0.05) is 42.5 Å². The van der Waals surface area contributed by atoms with Crippen LogP contribution >= 0.6 is 0 Å². The number of fused-ring (bicyclic) bond motifs is 1. The van der Waals surface area contributed by atoms with Gasteiger partial charge in [0, 0.05) is 18.5 Å². The molecule has 2 aromatic rings. The summed E-state index contributed by atoms with van der Waals surface area (Å²) in [7, 11) is 0. The molecule has 3 rings (SSSR count). The van der Waals surface area contributed by atoms with Crippen molar-refractivity contribution in [1.29, 1.82) is 0 Å². The molecule has 3 nitrogen and oxygen atoms in total. The molecule has 4 heteroatoms. The molecular formula is C20H22FNO2. The predicted molar refractivity (Wildman–Crippen MR) is 91.1 cm³/mol. The lowest BCUT2D eigenvalue weighted by Crippen LogP contribution is -2.30. The van der Waals surface area contributed by atoms with Crippen molar-refractivity contribution in [3.8, 4) is 0 Å². The highest BCUT2D eigenvalue weighted by Crippen LogP contribution is 2.33. The van der Waals surface area contributed by atoms with Crippen molar-refractivity contribution in [3.05, 3.63) is 71.0 Å². The zero-order valence-electron chi connectivity index (χ0n) is 13.5. The van der Waals surface area contributed by atoms with Crippen molar-refractivity contribution < 1.29 is 14.3 Å². The van der Waals surface area contributed by atoms with Crippen molar-refractivity contribution >= 4 is 5.91 Å². The van der Waals surface area contributed by atoms with Crippen LogP contribution in [0.25, 0.3) is 0 Å². The van der Waals surface area contributed by atoms with E-state index in [1.54, 1.807) is 12.1 Å². The third kappa shape index (κ3) is 3.82. The Balaban J connectivity index is 1.56. The van der Waals surface area contributed by atoms with Crippen LogP contribution in [0.4, 0.5) is 4.39 Å². The maximum atomic E-state index is 13.6. The van der Waals surface area contributed by atoms with Gasteiger partial charge in [-0.2, -0.15) is 0 Å². The number of nitrogens with one attached hydrogen (secondary N) is 1. The maximum absolute atomic E-state index is 13.6. The number of hydrogen-bond acceptors (Lipinski definition) is 2. The fourth-order valence-corrected chi connectivity index (χ4v) is 3.43. The topological polar surface area (TPSA) is 49.3 Å². The minimum absolute atomic E-state index is 0.0220. The summed E-state index contributed by atoms with van der Waals surface area (Å²) >= 11 is 0. The van der Waals surface area contributed by atoms with Gasteiger partial charge >= 0.3 is 0 Å². The normalized spacial score (nSPS) is 17.8. The van der Waals surface area contributed by atoms with Crippen molar-refractivity contribution in [2.45, 2.75) is 37.7 Å². The van der Waals surface area contributed by atoms with Gasteiger partial charge in [-0.25, -0.2) is 4.39 Å². The second-order valence-corrected chi connectivity index (χ2v) is 6.33. The first kappa shape index (κ1) is 16.7. The zero-order valence-corrected chi connectivity index (χ0v) is 13.5. The fourth-order valence-electron chi connectivity index (χ4n) is 3.43. The van der Waals surface area contributed by atoms with Gasteiger partial charge < -0.3 is 10.4 Å². The average Bonchev–Trinajstić information content (AvgIpc) is 2.60. The van der Waals surface area contributed by atoms with Gasteiger partial charge in [-0.3, -0.25) is 4.79 Å². The monoisotopic (exact) mass is 327 g/mol. The molecule has 2 atom stereocenters. The summed E-state index contributed by atoms with van der Waals surface area (Å²) in [6, 6.07) is 14.3. The highest BCUT2D eigenvalue weighted by atomic mass is 19.1. The van der Waals surface area contributed by atoms with Crippen molar-refractivity contribution in [2.24, 2.45) is 0 Å². The number of aliphatic hydroxyl groups is 1. The number of carbonyl (C=O) groups excluding carboxylic acids is 1. The van der Waals surface area contributed by atoms with E-state index in [1.165, 1.54) is 23.3 Å². The molecule has 2 unspecified atom stereocenters. The van der Waals surface area contributed by atoms with Gasteiger partial charge in [-0.15, -0.1) is 0 Å². The Morgan fingerprint density at radius 3 is 2.79 bits per heavy atom. The first-order valence-electron chi connectivity index (χ1n) is 8.42. The number of carbonyl (C=O) groups is 1. The Kier molecular flexibility index (Phi) is 5.26. The molecule has 1 amide bonds.